The molecule has 0 atom stereocenters. The molecule has 4 aromatic rings. The first-order valence-corrected chi connectivity index (χ1v) is 13.6. The van der Waals surface area contributed by atoms with Crippen molar-refractivity contribution in [2.24, 2.45) is 4.99 Å². The average molecular weight is 572 g/mol. The number of guanidine groups is 1. The summed E-state index contributed by atoms with van der Waals surface area (Å²) in [5.74, 6) is 2.06. The molecular formula is C25H24Cl2N8S2. The van der Waals surface area contributed by atoms with Crippen LogP contribution in [0.25, 0.3) is 10.1 Å². The molecule has 1 aliphatic rings. The van der Waals surface area contributed by atoms with E-state index >= 15 is 0 Å². The van der Waals surface area contributed by atoms with Crippen LogP contribution in [0.2, 0.25) is 10.0 Å². The van der Waals surface area contributed by atoms with E-state index in [1.807, 2.05) is 26.0 Å². The Kier molecular flexibility index (Phi) is 7.71. The second kappa shape index (κ2) is 11.1. The average Bonchev–Trinajstić information content (AvgIpc) is 3.29. The molecule has 0 unspecified atom stereocenters. The Bertz CT molecular complexity index is 1460. The number of hydrogen-bond acceptors (Lipinski definition) is 6. The molecule has 3 heterocycles. The first-order chi connectivity index (χ1) is 17.9. The van der Waals surface area contributed by atoms with Gasteiger partial charge in [0.15, 0.2) is 0 Å². The maximum atomic E-state index is 6.32. The Balaban J connectivity index is 1.37. The number of fused-ring (bicyclic) bond motifs is 1. The predicted octanol–water partition coefficient (Wildman–Crippen LogP) is 6.00. The van der Waals surface area contributed by atoms with E-state index in [-0.39, 0.29) is 5.11 Å². The number of rotatable bonds is 3. The Hall–Kier alpha value is -3.05. The van der Waals surface area contributed by atoms with Gasteiger partial charge in [0.05, 0.1) is 15.4 Å². The molecule has 0 saturated carbocycles. The Labute approximate surface area is 234 Å². The van der Waals surface area contributed by atoms with Crippen molar-refractivity contribution in [1.29, 1.82) is 0 Å². The summed E-state index contributed by atoms with van der Waals surface area (Å²) in [6.07, 6.45) is 0. The number of aliphatic imine (C=N–C) groups is 1. The highest BCUT2D eigenvalue weighted by Crippen LogP contribution is 2.30. The Morgan fingerprint density at radius 2 is 1.70 bits per heavy atom. The van der Waals surface area contributed by atoms with Crippen molar-refractivity contribution in [3.8, 4) is 0 Å². The van der Waals surface area contributed by atoms with Crippen molar-refractivity contribution in [3.63, 3.8) is 0 Å². The van der Waals surface area contributed by atoms with E-state index in [1.165, 1.54) is 21.6 Å². The first kappa shape index (κ1) is 25.6. The summed E-state index contributed by atoms with van der Waals surface area (Å²) in [5.41, 5.74) is 2.36. The van der Waals surface area contributed by atoms with E-state index in [1.54, 1.807) is 18.2 Å². The van der Waals surface area contributed by atoms with Crippen molar-refractivity contribution in [3.05, 3.63) is 70.0 Å². The quantitative estimate of drug-likeness (QED) is 0.176. The highest BCUT2D eigenvalue weighted by Gasteiger charge is 2.24. The van der Waals surface area contributed by atoms with Gasteiger partial charge in [0, 0.05) is 48.0 Å². The third kappa shape index (κ3) is 6.10. The molecule has 0 aliphatic carbocycles. The van der Waals surface area contributed by atoms with E-state index in [9.17, 15) is 0 Å². The van der Waals surface area contributed by atoms with Gasteiger partial charge in [-0.05, 0) is 74.0 Å². The lowest BCUT2D eigenvalue weighted by Crippen LogP contribution is -2.51. The van der Waals surface area contributed by atoms with Crippen LogP contribution in [0.1, 0.15) is 11.4 Å². The summed E-state index contributed by atoms with van der Waals surface area (Å²) in [6, 6.07) is 15.4. The largest absolute Gasteiger partial charge is 0.352 e. The summed E-state index contributed by atoms with van der Waals surface area (Å²) in [7, 11) is 0. The van der Waals surface area contributed by atoms with Crippen LogP contribution in [0.4, 0.5) is 17.5 Å². The van der Waals surface area contributed by atoms with Crippen molar-refractivity contribution in [2.75, 3.05) is 41.7 Å². The maximum Gasteiger partial charge on any atom is 0.229 e. The van der Waals surface area contributed by atoms with Crippen LogP contribution in [-0.4, -0.2) is 56.5 Å². The predicted molar refractivity (Wildman–Crippen MR) is 159 cm³/mol. The van der Waals surface area contributed by atoms with Crippen LogP contribution in [0.15, 0.2) is 53.5 Å². The number of halogens is 2. The van der Waals surface area contributed by atoms with Gasteiger partial charge < -0.3 is 15.1 Å². The van der Waals surface area contributed by atoms with Crippen LogP contribution < -0.4 is 15.5 Å². The third-order valence-corrected chi connectivity index (χ3v) is 7.38. The van der Waals surface area contributed by atoms with Crippen molar-refractivity contribution < 1.29 is 0 Å². The molecule has 8 nitrogen and oxygen atoms in total. The minimum Gasteiger partial charge on any atom is -0.352 e. The fourth-order valence-corrected chi connectivity index (χ4v) is 5.57. The summed E-state index contributed by atoms with van der Waals surface area (Å²) in [5, 5.41) is 8.83. The summed E-state index contributed by atoms with van der Waals surface area (Å²) in [4.78, 5) is 18.2. The number of benzene rings is 2. The number of anilines is 3. The molecular weight excluding hydrogens is 547 g/mol. The molecule has 1 fully saturated rings. The zero-order chi connectivity index (χ0) is 25.9. The molecule has 0 bridgehead atoms. The number of nitrogens with one attached hydrogen (secondary N) is 2. The minimum atomic E-state index is 0.254. The number of aryl methyl sites for hydroxylation is 2. The van der Waals surface area contributed by atoms with Crippen LogP contribution >= 0.6 is 47.0 Å². The molecule has 5 rings (SSSR count). The SMILES string of the molecule is Cc1cc(C)nc(N/C(=N/C(=S)Nc2ccc(Cl)cc2Cl)N2CCN(c3nsc4ccccc34)CC2)n1. The van der Waals surface area contributed by atoms with Crippen LogP contribution in [0.3, 0.4) is 0 Å². The lowest BCUT2D eigenvalue weighted by molar-refractivity contribution is 0.384. The molecule has 2 aromatic heterocycles. The summed E-state index contributed by atoms with van der Waals surface area (Å²) >= 11 is 19.4. The van der Waals surface area contributed by atoms with E-state index < -0.39 is 0 Å². The van der Waals surface area contributed by atoms with Crippen LogP contribution in [0.5, 0.6) is 0 Å². The number of hydrogen-bond donors (Lipinski definition) is 2. The second-order valence-corrected chi connectivity index (χ2v) is 10.6. The van der Waals surface area contributed by atoms with Crippen molar-refractivity contribution in [1.82, 2.24) is 19.2 Å². The molecule has 0 radical (unpaired) electrons. The fraction of sp³-hybridized carbons (Fsp3) is 0.240. The minimum absolute atomic E-state index is 0.254. The normalized spacial score (nSPS) is 14.2. The number of nitrogens with zero attached hydrogens (tertiary/aromatic N) is 6. The smallest absolute Gasteiger partial charge is 0.229 e. The van der Waals surface area contributed by atoms with E-state index in [2.05, 4.69) is 48.6 Å². The molecule has 1 aliphatic heterocycles. The van der Waals surface area contributed by atoms with Crippen LogP contribution in [0, 0.1) is 13.8 Å². The van der Waals surface area contributed by atoms with Crippen LogP contribution in [-0.2, 0) is 0 Å². The zero-order valence-electron chi connectivity index (χ0n) is 20.2. The molecule has 12 heteroatoms. The van der Waals surface area contributed by atoms with E-state index in [4.69, 9.17) is 44.8 Å². The fourth-order valence-electron chi connectivity index (χ4n) is 4.12. The van der Waals surface area contributed by atoms with Crippen molar-refractivity contribution >= 4 is 85.6 Å². The van der Waals surface area contributed by atoms with Gasteiger partial charge in [-0.2, -0.15) is 9.37 Å². The lowest BCUT2D eigenvalue weighted by atomic mass is 10.2. The third-order valence-electron chi connectivity index (χ3n) is 5.82. The van der Waals surface area contributed by atoms with Gasteiger partial charge in [0.2, 0.25) is 17.0 Å². The zero-order valence-corrected chi connectivity index (χ0v) is 23.3. The monoisotopic (exact) mass is 570 g/mol. The molecule has 2 aromatic carbocycles. The molecule has 0 spiro atoms. The lowest BCUT2D eigenvalue weighted by Gasteiger charge is -2.36. The highest BCUT2D eigenvalue weighted by molar-refractivity contribution is 7.80. The second-order valence-electron chi connectivity index (χ2n) is 8.57. The Morgan fingerprint density at radius 3 is 2.43 bits per heavy atom. The van der Waals surface area contributed by atoms with Gasteiger partial charge in [-0.25, -0.2) is 9.97 Å². The van der Waals surface area contributed by atoms with E-state index in [0.717, 1.165) is 30.3 Å². The highest BCUT2D eigenvalue weighted by atomic mass is 35.5. The molecule has 1 saturated heterocycles. The first-order valence-electron chi connectivity index (χ1n) is 11.6. The van der Waals surface area contributed by atoms with Gasteiger partial charge in [0.1, 0.15) is 5.82 Å². The van der Waals surface area contributed by atoms with Gasteiger partial charge in [-0.3, -0.25) is 5.32 Å². The molecule has 0 amide bonds. The van der Waals surface area contributed by atoms with Gasteiger partial charge >= 0.3 is 0 Å². The molecule has 2 N–H and O–H groups in total. The van der Waals surface area contributed by atoms with Gasteiger partial charge in [-0.1, -0.05) is 35.3 Å². The Morgan fingerprint density at radius 1 is 0.973 bits per heavy atom. The molecule has 190 valence electrons. The van der Waals surface area contributed by atoms with E-state index in [0.29, 0.717) is 40.7 Å². The van der Waals surface area contributed by atoms with Gasteiger partial charge in [-0.15, -0.1) is 0 Å². The number of thiocarbonyl (C=S) groups is 1. The topological polar surface area (TPSA) is 81.6 Å². The number of piperazine rings is 1. The summed E-state index contributed by atoms with van der Waals surface area (Å²) in [6.45, 7) is 6.86. The van der Waals surface area contributed by atoms with Gasteiger partial charge in [0.25, 0.3) is 0 Å². The maximum absolute atomic E-state index is 6.32. The number of aromatic nitrogens is 3. The molecule has 37 heavy (non-hydrogen) atoms. The standard InChI is InChI=1S/C25H24Cl2N8S2/c1-15-13-16(2)29-23(28-15)31-24(32-25(36)30-20-8-7-17(26)14-19(20)27)35-11-9-34(10-12-35)22-18-5-3-4-6-21(18)37-33-22/h3-8,13-14H,9-12H2,1-2H3,(H2,28,29,30,31,32,36). The summed E-state index contributed by atoms with van der Waals surface area (Å²) < 4.78 is 5.90. The van der Waals surface area contributed by atoms with Crippen molar-refractivity contribution in [2.45, 2.75) is 13.8 Å².